The van der Waals surface area contributed by atoms with Gasteiger partial charge in [0.05, 0.1) is 5.69 Å². The van der Waals surface area contributed by atoms with Crippen molar-refractivity contribution in [1.29, 1.82) is 5.26 Å². The molecule has 7 heteroatoms. The van der Waals surface area contributed by atoms with Crippen molar-refractivity contribution in [3.8, 4) is 12.0 Å². The molecule has 0 fully saturated rings. The summed E-state index contributed by atoms with van der Waals surface area (Å²) in [5.74, 6) is 1.60. The molecular weight excluding hydrogens is 330 g/mol. The van der Waals surface area contributed by atoms with Crippen molar-refractivity contribution < 1.29 is 9.21 Å². The fourth-order valence-electron chi connectivity index (χ4n) is 3.52. The van der Waals surface area contributed by atoms with Gasteiger partial charge in [-0.15, -0.1) is 0 Å². The van der Waals surface area contributed by atoms with Gasteiger partial charge in [-0.1, -0.05) is 0 Å². The maximum atomic E-state index is 12.9. The van der Waals surface area contributed by atoms with Gasteiger partial charge in [0, 0.05) is 37.6 Å². The summed E-state index contributed by atoms with van der Waals surface area (Å²) >= 11 is 0. The lowest BCUT2D eigenvalue weighted by Gasteiger charge is -2.24. The summed E-state index contributed by atoms with van der Waals surface area (Å²) in [5, 5.41) is 12.6. The standard InChI is InChI=1S/C19H19N5O2/c1-12-10-24-11-14(5-6-16(24)21-12)22-18(25)17-13(2)26-19(15(17)9-20)23-7-3-4-8-23/h3-4,7-8,10,14H,5-6,11H2,1-2H3,(H,22,25)/t14-/m1/s1. The van der Waals surface area contributed by atoms with E-state index in [2.05, 4.69) is 20.9 Å². The maximum absolute atomic E-state index is 12.9. The lowest BCUT2D eigenvalue weighted by Crippen LogP contribution is -2.41. The van der Waals surface area contributed by atoms with Gasteiger partial charge < -0.3 is 14.3 Å². The Hall–Kier alpha value is -3.27. The second-order valence-electron chi connectivity index (χ2n) is 6.58. The van der Waals surface area contributed by atoms with Gasteiger partial charge in [0.2, 0.25) is 5.88 Å². The number of nitriles is 1. The van der Waals surface area contributed by atoms with E-state index in [1.807, 2.05) is 25.3 Å². The molecule has 0 aromatic carbocycles. The summed E-state index contributed by atoms with van der Waals surface area (Å²) < 4.78 is 9.50. The van der Waals surface area contributed by atoms with Crippen LogP contribution in [0.3, 0.4) is 0 Å². The van der Waals surface area contributed by atoms with Crippen molar-refractivity contribution in [3.05, 3.63) is 59.1 Å². The van der Waals surface area contributed by atoms with Gasteiger partial charge in [-0.2, -0.15) is 5.26 Å². The number of carbonyl (C=O) groups excluding carboxylic acids is 1. The number of furan rings is 1. The van der Waals surface area contributed by atoms with Crippen LogP contribution in [0, 0.1) is 25.2 Å². The molecule has 0 aliphatic carbocycles. The molecule has 0 spiro atoms. The topological polar surface area (TPSA) is 88.8 Å². The fraction of sp³-hybridized carbons (Fsp3) is 0.316. The number of hydrogen-bond acceptors (Lipinski definition) is 4. The summed E-state index contributed by atoms with van der Waals surface area (Å²) in [6.07, 6.45) is 7.21. The molecule has 26 heavy (non-hydrogen) atoms. The second-order valence-corrected chi connectivity index (χ2v) is 6.58. The van der Waals surface area contributed by atoms with Crippen LogP contribution < -0.4 is 5.32 Å². The first-order valence-electron chi connectivity index (χ1n) is 8.57. The van der Waals surface area contributed by atoms with Crippen LogP contribution in [0.5, 0.6) is 0 Å². The summed E-state index contributed by atoms with van der Waals surface area (Å²) in [5.41, 5.74) is 1.55. The molecule has 1 atom stereocenters. The molecule has 132 valence electrons. The number of aryl methyl sites for hydroxylation is 3. The molecule has 1 aliphatic heterocycles. The van der Waals surface area contributed by atoms with Crippen LogP contribution in [0.2, 0.25) is 0 Å². The summed E-state index contributed by atoms with van der Waals surface area (Å²) in [4.78, 5) is 17.3. The number of aromatic nitrogens is 3. The predicted octanol–water partition coefficient (Wildman–Crippen LogP) is 2.50. The van der Waals surface area contributed by atoms with Crippen LogP contribution in [-0.2, 0) is 13.0 Å². The van der Waals surface area contributed by atoms with E-state index < -0.39 is 0 Å². The highest BCUT2D eigenvalue weighted by atomic mass is 16.4. The van der Waals surface area contributed by atoms with Crippen molar-refractivity contribution in [2.75, 3.05) is 0 Å². The van der Waals surface area contributed by atoms with Crippen LogP contribution in [0.1, 0.15) is 39.6 Å². The maximum Gasteiger partial charge on any atom is 0.256 e. The first-order chi connectivity index (χ1) is 12.6. The van der Waals surface area contributed by atoms with Gasteiger partial charge in [0.25, 0.3) is 5.91 Å². The molecule has 0 saturated carbocycles. The van der Waals surface area contributed by atoms with Crippen molar-refractivity contribution in [2.24, 2.45) is 0 Å². The SMILES string of the molecule is Cc1cn2c(n1)CC[C@@H](NC(=O)c1c(C)oc(-n3cccc3)c1C#N)C2. The molecule has 4 rings (SSSR count). The van der Waals surface area contributed by atoms with E-state index in [4.69, 9.17) is 4.42 Å². The van der Waals surface area contributed by atoms with Gasteiger partial charge in [-0.25, -0.2) is 4.98 Å². The number of nitrogens with zero attached hydrogens (tertiary/aromatic N) is 4. The van der Waals surface area contributed by atoms with Crippen LogP contribution in [0.4, 0.5) is 0 Å². The number of nitrogens with one attached hydrogen (secondary N) is 1. The quantitative estimate of drug-likeness (QED) is 0.787. The number of fused-ring (bicyclic) bond motifs is 1. The Morgan fingerprint density at radius 2 is 2.15 bits per heavy atom. The van der Waals surface area contributed by atoms with E-state index in [0.29, 0.717) is 23.8 Å². The molecule has 1 aliphatic rings. The van der Waals surface area contributed by atoms with E-state index in [1.54, 1.807) is 23.9 Å². The Morgan fingerprint density at radius 3 is 2.88 bits per heavy atom. The van der Waals surface area contributed by atoms with Crippen LogP contribution in [0.25, 0.3) is 5.88 Å². The van der Waals surface area contributed by atoms with E-state index in [9.17, 15) is 10.1 Å². The van der Waals surface area contributed by atoms with Gasteiger partial charge in [0.1, 0.15) is 28.8 Å². The average Bonchev–Trinajstić information content (AvgIpc) is 3.31. The summed E-state index contributed by atoms with van der Waals surface area (Å²) in [6, 6.07) is 5.80. The largest absolute Gasteiger partial charge is 0.443 e. The van der Waals surface area contributed by atoms with Crippen molar-refractivity contribution in [2.45, 2.75) is 39.3 Å². The first kappa shape index (κ1) is 16.2. The Balaban J connectivity index is 1.58. The third kappa shape index (κ3) is 2.69. The van der Waals surface area contributed by atoms with Gasteiger partial charge in [-0.05, 0) is 32.4 Å². The zero-order chi connectivity index (χ0) is 18.3. The minimum absolute atomic E-state index is 0.000490. The molecule has 3 aromatic rings. The summed E-state index contributed by atoms with van der Waals surface area (Å²) in [6.45, 7) is 4.36. The van der Waals surface area contributed by atoms with Crippen LogP contribution in [0.15, 0.2) is 35.1 Å². The van der Waals surface area contributed by atoms with Crippen molar-refractivity contribution in [1.82, 2.24) is 19.4 Å². The van der Waals surface area contributed by atoms with Crippen LogP contribution >= 0.6 is 0 Å². The first-order valence-corrected chi connectivity index (χ1v) is 8.57. The van der Waals surface area contributed by atoms with Crippen molar-refractivity contribution in [3.63, 3.8) is 0 Å². The monoisotopic (exact) mass is 349 g/mol. The number of amides is 1. The zero-order valence-corrected chi connectivity index (χ0v) is 14.7. The molecule has 0 saturated heterocycles. The van der Waals surface area contributed by atoms with E-state index in [1.165, 1.54) is 0 Å². The van der Waals surface area contributed by atoms with E-state index >= 15 is 0 Å². The molecule has 0 unspecified atom stereocenters. The van der Waals surface area contributed by atoms with Crippen molar-refractivity contribution >= 4 is 5.91 Å². The second kappa shape index (κ2) is 6.23. The minimum Gasteiger partial charge on any atom is -0.443 e. The molecule has 0 bridgehead atoms. The number of carbonyl (C=O) groups is 1. The Bertz CT molecular complexity index is 1000. The molecular formula is C19H19N5O2. The normalized spacial score (nSPS) is 16.1. The van der Waals surface area contributed by atoms with Gasteiger partial charge in [-0.3, -0.25) is 9.36 Å². The highest BCUT2D eigenvalue weighted by Crippen LogP contribution is 2.26. The molecule has 4 heterocycles. The molecule has 1 N–H and O–H groups in total. The van der Waals surface area contributed by atoms with E-state index in [-0.39, 0.29) is 17.5 Å². The molecule has 1 amide bonds. The highest BCUT2D eigenvalue weighted by Gasteiger charge is 2.27. The van der Waals surface area contributed by atoms with Gasteiger partial charge in [0.15, 0.2) is 0 Å². The lowest BCUT2D eigenvalue weighted by atomic mass is 10.1. The van der Waals surface area contributed by atoms with E-state index in [0.717, 1.165) is 24.4 Å². The zero-order valence-electron chi connectivity index (χ0n) is 14.7. The fourth-order valence-corrected chi connectivity index (χ4v) is 3.52. The third-order valence-corrected chi connectivity index (χ3v) is 4.69. The smallest absolute Gasteiger partial charge is 0.256 e. The number of rotatable bonds is 3. The summed E-state index contributed by atoms with van der Waals surface area (Å²) in [7, 11) is 0. The highest BCUT2D eigenvalue weighted by molar-refractivity contribution is 5.98. The Kier molecular flexibility index (Phi) is 3.88. The average molecular weight is 349 g/mol. The molecule has 3 aromatic heterocycles. The minimum atomic E-state index is -0.272. The number of hydrogen-bond donors (Lipinski definition) is 1. The Labute approximate surface area is 150 Å². The molecule has 7 nitrogen and oxygen atoms in total. The van der Waals surface area contributed by atoms with Gasteiger partial charge >= 0.3 is 0 Å². The predicted molar refractivity (Wildman–Crippen MR) is 94.0 cm³/mol. The lowest BCUT2D eigenvalue weighted by molar-refractivity contribution is 0.0926. The Morgan fingerprint density at radius 1 is 1.38 bits per heavy atom. The number of imidazole rings is 1. The third-order valence-electron chi connectivity index (χ3n) is 4.69. The van der Waals surface area contributed by atoms with Crippen LogP contribution in [-0.4, -0.2) is 26.1 Å². The molecule has 0 radical (unpaired) electrons.